The summed E-state index contributed by atoms with van der Waals surface area (Å²) in [7, 11) is -3.49. The average Bonchev–Trinajstić information content (AvgIpc) is 2.55. The number of hydrogen-bond acceptors (Lipinski definition) is 3. The van der Waals surface area contributed by atoms with Crippen LogP contribution in [0.3, 0.4) is 0 Å². The van der Waals surface area contributed by atoms with Crippen molar-refractivity contribution in [2.24, 2.45) is 0 Å². The maximum atomic E-state index is 12.5. The van der Waals surface area contributed by atoms with Crippen LogP contribution in [-0.2, 0) is 10.2 Å². The van der Waals surface area contributed by atoms with Crippen molar-refractivity contribution >= 4 is 16.1 Å². The van der Waals surface area contributed by atoms with Crippen molar-refractivity contribution < 1.29 is 13.2 Å². The number of amides is 1. The number of piperidine rings is 1. The number of carbonyl (C=O) groups is 1. The van der Waals surface area contributed by atoms with Gasteiger partial charge in [0.15, 0.2) is 0 Å². The van der Waals surface area contributed by atoms with E-state index in [1.807, 2.05) is 32.0 Å². The molecule has 1 amide bonds. The SMILES string of the molecule is CCN(CC)S(=O)(=O)N[C@@H]1CCCN(C(=O)c2ccccc2)C1. The Labute approximate surface area is 138 Å². The van der Waals surface area contributed by atoms with Gasteiger partial charge in [-0.1, -0.05) is 32.0 Å². The number of benzene rings is 1. The molecule has 1 aliphatic rings. The minimum atomic E-state index is -3.49. The van der Waals surface area contributed by atoms with E-state index in [2.05, 4.69) is 4.72 Å². The molecular weight excluding hydrogens is 314 g/mol. The van der Waals surface area contributed by atoms with Crippen LogP contribution in [0, 0.1) is 0 Å². The Morgan fingerprint density at radius 1 is 1.26 bits per heavy atom. The number of nitrogens with one attached hydrogen (secondary N) is 1. The van der Waals surface area contributed by atoms with Gasteiger partial charge in [-0.3, -0.25) is 4.79 Å². The second kappa shape index (κ2) is 7.90. The summed E-state index contributed by atoms with van der Waals surface area (Å²) < 4.78 is 28.8. The molecule has 0 aromatic heterocycles. The summed E-state index contributed by atoms with van der Waals surface area (Å²) in [6.07, 6.45) is 1.54. The molecule has 0 aliphatic carbocycles. The molecule has 1 atom stereocenters. The minimum absolute atomic E-state index is 0.0441. The molecule has 23 heavy (non-hydrogen) atoms. The Hall–Kier alpha value is -1.44. The second-order valence-electron chi connectivity index (χ2n) is 5.66. The van der Waals surface area contributed by atoms with Crippen molar-refractivity contribution in [2.45, 2.75) is 32.7 Å². The average molecular weight is 339 g/mol. The van der Waals surface area contributed by atoms with E-state index in [4.69, 9.17) is 0 Å². The zero-order valence-electron chi connectivity index (χ0n) is 13.7. The Morgan fingerprint density at radius 2 is 1.91 bits per heavy atom. The summed E-state index contributed by atoms with van der Waals surface area (Å²) >= 11 is 0. The van der Waals surface area contributed by atoms with E-state index < -0.39 is 10.2 Å². The zero-order valence-corrected chi connectivity index (χ0v) is 14.6. The first-order valence-electron chi connectivity index (χ1n) is 8.09. The van der Waals surface area contributed by atoms with Crippen molar-refractivity contribution in [3.8, 4) is 0 Å². The van der Waals surface area contributed by atoms with Crippen LogP contribution in [0.1, 0.15) is 37.0 Å². The number of hydrogen-bond donors (Lipinski definition) is 1. The Kier molecular flexibility index (Phi) is 6.15. The van der Waals surface area contributed by atoms with Gasteiger partial charge in [-0.15, -0.1) is 0 Å². The van der Waals surface area contributed by atoms with Gasteiger partial charge in [0.05, 0.1) is 0 Å². The van der Waals surface area contributed by atoms with E-state index in [9.17, 15) is 13.2 Å². The largest absolute Gasteiger partial charge is 0.337 e. The fourth-order valence-corrected chi connectivity index (χ4v) is 4.31. The molecule has 0 spiro atoms. The van der Waals surface area contributed by atoms with Crippen LogP contribution in [0.25, 0.3) is 0 Å². The predicted molar refractivity (Wildman–Crippen MR) is 90.3 cm³/mol. The van der Waals surface area contributed by atoms with Gasteiger partial charge >= 0.3 is 0 Å². The van der Waals surface area contributed by atoms with Gasteiger partial charge in [0, 0.05) is 37.8 Å². The van der Waals surface area contributed by atoms with Crippen LogP contribution in [0.4, 0.5) is 0 Å². The summed E-state index contributed by atoms with van der Waals surface area (Å²) in [6.45, 7) is 5.57. The van der Waals surface area contributed by atoms with Crippen molar-refractivity contribution in [1.29, 1.82) is 0 Å². The standard InChI is InChI=1S/C16H25N3O3S/c1-3-19(4-2)23(21,22)17-15-11-8-12-18(13-15)16(20)14-9-6-5-7-10-14/h5-7,9-10,15,17H,3-4,8,11-13H2,1-2H3/t15-/m1/s1. The van der Waals surface area contributed by atoms with E-state index in [1.54, 1.807) is 17.0 Å². The molecule has 1 N–H and O–H groups in total. The summed E-state index contributed by atoms with van der Waals surface area (Å²) in [5.41, 5.74) is 0.639. The van der Waals surface area contributed by atoms with Crippen molar-refractivity contribution in [2.75, 3.05) is 26.2 Å². The topological polar surface area (TPSA) is 69.7 Å². The van der Waals surface area contributed by atoms with Gasteiger partial charge < -0.3 is 4.90 Å². The fourth-order valence-electron chi connectivity index (χ4n) is 2.87. The molecule has 0 saturated carbocycles. The molecule has 1 aliphatic heterocycles. The third-order valence-corrected chi connectivity index (χ3v) is 5.92. The first-order chi connectivity index (χ1) is 11.0. The smallest absolute Gasteiger partial charge is 0.279 e. The van der Waals surface area contributed by atoms with E-state index in [0.717, 1.165) is 12.8 Å². The molecule has 1 saturated heterocycles. The maximum absolute atomic E-state index is 12.5. The normalized spacial score (nSPS) is 19.1. The third kappa shape index (κ3) is 4.53. The molecule has 1 aromatic rings. The Morgan fingerprint density at radius 3 is 2.52 bits per heavy atom. The van der Waals surface area contributed by atoms with Crippen LogP contribution in [0.2, 0.25) is 0 Å². The van der Waals surface area contributed by atoms with Crippen LogP contribution < -0.4 is 4.72 Å². The van der Waals surface area contributed by atoms with Gasteiger partial charge in [0.2, 0.25) is 0 Å². The van der Waals surface area contributed by atoms with E-state index >= 15 is 0 Å². The van der Waals surface area contributed by atoms with Crippen molar-refractivity contribution in [3.63, 3.8) is 0 Å². The van der Waals surface area contributed by atoms with E-state index in [-0.39, 0.29) is 11.9 Å². The van der Waals surface area contributed by atoms with E-state index in [1.165, 1.54) is 4.31 Å². The number of carbonyl (C=O) groups excluding carboxylic acids is 1. The van der Waals surface area contributed by atoms with Crippen molar-refractivity contribution in [3.05, 3.63) is 35.9 Å². The quantitative estimate of drug-likeness (QED) is 0.853. The van der Waals surface area contributed by atoms with Gasteiger partial charge in [0.1, 0.15) is 0 Å². The zero-order chi connectivity index (χ0) is 16.9. The minimum Gasteiger partial charge on any atom is -0.337 e. The highest BCUT2D eigenvalue weighted by Gasteiger charge is 2.29. The molecule has 1 heterocycles. The van der Waals surface area contributed by atoms with Crippen LogP contribution >= 0.6 is 0 Å². The molecule has 1 fully saturated rings. The summed E-state index contributed by atoms with van der Waals surface area (Å²) in [5.74, 6) is -0.0441. The van der Waals surface area contributed by atoms with E-state index in [0.29, 0.717) is 31.7 Å². The lowest BCUT2D eigenvalue weighted by molar-refractivity contribution is 0.0702. The third-order valence-electron chi connectivity index (χ3n) is 4.09. The van der Waals surface area contributed by atoms with Crippen LogP contribution in [0.5, 0.6) is 0 Å². The molecule has 6 nitrogen and oxygen atoms in total. The second-order valence-corrected chi connectivity index (χ2v) is 7.37. The lowest BCUT2D eigenvalue weighted by Gasteiger charge is -2.34. The van der Waals surface area contributed by atoms with Crippen LogP contribution in [-0.4, -0.2) is 55.8 Å². The van der Waals surface area contributed by atoms with Gasteiger partial charge in [-0.05, 0) is 25.0 Å². The first kappa shape index (κ1) is 17.9. The molecule has 1 aromatic carbocycles. The van der Waals surface area contributed by atoms with Crippen LogP contribution in [0.15, 0.2) is 30.3 Å². The summed E-state index contributed by atoms with van der Waals surface area (Å²) in [4.78, 5) is 14.2. The molecule has 128 valence electrons. The number of likely N-dealkylation sites (tertiary alicyclic amines) is 1. The molecule has 2 rings (SSSR count). The number of rotatable bonds is 6. The highest BCUT2D eigenvalue weighted by atomic mass is 32.2. The molecule has 0 unspecified atom stereocenters. The lowest BCUT2D eigenvalue weighted by Crippen LogP contribution is -2.52. The molecular formula is C16H25N3O3S. The summed E-state index contributed by atoms with van der Waals surface area (Å²) in [5, 5.41) is 0. The highest BCUT2D eigenvalue weighted by Crippen LogP contribution is 2.15. The Bertz CT molecular complexity index is 615. The molecule has 0 radical (unpaired) electrons. The predicted octanol–water partition coefficient (Wildman–Crippen LogP) is 1.47. The van der Waals surface area contributed by atoms with Gasteiger partial charge in [-0.2, -0.15) is 17.4 Å². The number of nitrogens with zero attached hydrogens (tertiary/aromatic N) is 2. The fraction of sp³-hybridized carbons (Fsp3) is 0.562. The van der Waals surface area contributed by atoms with Gasteiger partial charge in [0.25, 0.3) is 16.1 Å². The van der Waals surface area contributed by atoms with Crippen molar-refractivity contribution in [1.82, 2.24) is 13.9 Å². The maximum Gasteiger partial charge on any atom is 0.279 e. The lowest BCUT2D eigenvalue weighted by atomic mass is 10.1. The highest BCUT2D eigenvalue weighted by molar-refractivity contribution is 7.87. The molecule has 0 bridgehead atoms. The molecule has 7 heteroatoms. The Balaban J connectivity index is 2.02. The first-order valence-corrected chi connectivity index (χ1v) is 9.53. The monoisotopic (exact) mass is 339 g/mol. The summed E-state index contributed by atoms with van der Waals surface area (Å²) in [6, 6.07) is 8.86. The van der Waals surface area contributed by atoms with Gasteiger partial charge in [-0.25, -0.2) is 0 Å².